The van der Waals surface area contributed by atoms with E-state index in [0.29, 0.717) is 31.0 Å². The van der Waals surface area contributed by atoms with E-state index < -0.39 is 26.7 Å². The van der Waals surface area contributed by atoms with Crippen LogP contribution in [0.3, 0.4) is 0 Å². The van der Waals surface area contributed by atoms with E-state index in [-0.39, 0.29) is 13.1 Å². The summed E-state index contributed by atoms with van der Waals surface area (Å²) < 4.78 is 77.7. The van der Waals surface area contributed by atoms with Crippen molar-refractivity contribution in [2.45, 2.75) is 17.5 Å². The van der Waals surface area contributed by atoms with Gasteiger partial charge in [0.05, 0.1) is 30.4 Å². The number of hydrogen-bond acceptors (Lipinski definition) is 7. The van der Waals surface area contributed by atoms with Crippen molar-refractivity contribution in [2.24, 2.45) is 0 Å². The first-order chi connectivity index (χ1) is 16.6. The zero-order valence-corrected chi connectivity index (χ0v) is 20.7. The Bertz CT molecular complexity index is 1290. The second kappa shape index (κ2) is 10.0. The van der Waals surface area contributed by atoms with E-state index in [1.54, 1.807) is 14.2 Å². The average molecular weight is 528 g/mol. The Morgan fingerprint density at radius 2 is 1.69 bits per heavy atom. The van der Waals surface area contributed by atoms with Crippen molar-refractivity contribution in [3.8, 4) is 11.5 Å². The van der Waals surface area contributed by atoms with Crippen LogP contribution in [0.4, 0.5) is 18.3 Å². The van der Waals surface area contributed by atoms with Gasteiger partial charge in [-0.2, -0.15) is 17.5 Å². The standard InChI is InChI=1S/C23H24F3N3O4S2/c1-32-19-8-7-16(14-20(19)33-2)13-17-15-34-22(27-17)28-9-11-29(12-10-28)35(30,31)21-6-4-3-5-18(21)23(24,25)26/h3-8,14-15H,9-13H2,1-2H3. The fraction of sp³-hybridized carbons (Fsp3) is 0.348. The third-order valence-corrected chi connectivity index (χ3v) is 8.60. The Kier molecular flexibility index (Phi) is 7.25. The van der Waals surface area contributed by atoms with Gasteiger partial charge < -0.3 is 14.4 Å². The maximum atomic E-state index is 13.4. The fourth-order valence-electron chi connectivity index (χ4n) is 3.91. The summed E-state index contributed by atoms with van der Waals surface area (Å²) in [4.78, 5) is 5.91. The predicted octanol–water partition coefficient (Wildman–Crippen LogP) is 4.28. The summed E-state index contributed by atoms with van der Waals surface area (Å²) in [6, 6.07) is 9.93. The Morgan fingerprint density at radius 3 is 2.34 bits per heavy atom. The van der Waals surface area contributed by atoms with Crippen LogP contribution in [0.1, 0.15) is 16.8 Å². The molecule has 0 unspecified atom stereocenters. The van der Waals surface area contributed by atoms with Crippen molar-refractivity contribution >= 4 is 26.5 Å². The largest absolute Gasteiger partial charge is 0.493 e. The van der Waals surface area contributed by atoms with Crippen molar-refractivity contribution < 1.29 is 31.1 Å². The first-order valence-corrected chi connectivity index (χ1v) is 13.0. The van der Waals surface area contributed by atoms with E-state index in [2.05, 4.69) is 4.98 Å². The number of hydrogen-bond donors (Lipinski definition) is 0. The van der Waals surface area contributed by atoms with E-state index in [1.165, 1.54) is 23.5 Å². The average Bonchev–Trinajstić information content (AvgIpc) is 3.32. The number of piperazine rings is 1. The fourth-order valence-corrected chi connectivity index (χ4v) is 6.42. The zero-order valence-electron chi connectivity index (χ0n) is 19.1. The quantitative estimate of drug-likeness (QED) is 0.457. The number of methoxy groups -OCH3 is 2. The molecule has 1 saturated heterocycles. The molecule has 188 valence electrons. The van der Waals surface area contributed by atoms with Gasteiger partial charge in [0.15, 0.2) is 16.6 Å². The first-order valence-electron chi connectivity index (χ1n) is 10.7. The summed E-state index contributed by atoms with van der Waals surface area (Å²) in [5.74, 6) is 1.27. The molecule has 3 aromatic rings. The normalized spacial score (nSPS) is 15.3. The lowest BCUT2D eigenvalue weighted by atomic mass is 10.1. The van der Waals surface area contributed by atoms with Gasteiger partial charge in [0, 0.05) is 38.0 Å². The molecule has 35 heavy (non-hydrogen) atoms. The number of anilines is 1. The molecule has 4 rings (SSSR count). The SMILES string of the molecule is COc1ccc(Cc2csc(N3CCN(S(=O)(=O)c4ccccc4C(F)(F)F)CC3)n2)cc1OC. The summed E-state index contributed by atoms with van der Waals surface area (Å²) in [5, 5.41) is 2.68. The highest BCUT2D eigenvalue weighted by Gasteiger charge is 2.39. The van der Waals surface area contributed by atoms with Gasteiger partial charge in [-0.3, -0.25) is 0 Å². The van der Waals surface area contributed by atoms with Crippen molar-refractivity contribution in [3.05, 3.63) is 64.7 Å². The topological polar surface area (TPSA) is 72.0 Å². The Balaban J connectivity index is 1.43. The van der Waals surface area contributed by atoms with Crippen LogP contribution in [0.15, 0.2) is 52.7 Å². The van der Waals surface area contributed by atoms with Crippen LogP contribution in [0.2, 0.25) is 0 Å². The molecule has 0 radical (unpaired) electrons. The molecule has 12 heteroatoms. The third-order valence-electron chi connectivity index (χ3n) is 5.69. The predicted molar refractivity (Wildman–Crippen MR) is 127 cm³/mol. The molecule has 0 bridgehead atoms. The molecule has 1 aliphatic rings. The number of sulfonamides is 1. The molecule has 7 nitrogen and oxygen atoms in total. The zero-order chi connectivity index (χ0) is 25.2. The molecule has 1 fully saturated rings. The van der Waals surface area contributed by atoms with E-state index in [4.69, 9.17) is 9.47 Å². The van der Waals surface area contributed by atoms with Crippen molar-refractivity contribution in [1.82, 2.24) is 9.29 Å². The summed E-state index contributed by atoms with van der Waals surface area (Å²) in [6.45, 7) is 0.797. The highest BCUT2D eigenvalue weighted by Crippen LogP contribution is 2.36. The van der Waals surface area contributed by atoms with E-state index >= 15 is 0 Å². The maximum absolute atomic E-state index is 13.4. The third kappa shape index (κ3) is 5.39. The molecule has 0 spiro atoms. The van der Waals surface area contributed by atoms with E-state index in [1.807, 2.05) is 28.5 Å². The van der Waals surface area contributed by atoms with Crippen LogP contribution in [-0.4, -0.2) is 58.1 Å². The van der Waals surface area contributed by atoms with Gasteiger partial charge in [-0.05, 0) is 29.8 Å². The van der Waals surface area contributed by atoms with Gasteiger partial charge in [-0.15, -0.1) is 11.3 Å². The van der Waals surface area contributed by atoms with Crippen LogP contribution < -0.4 is 14.4 Å². The van der Waals surface area contributed by atoms with Gasteiger partial charge in [-0.25, -0.2) is 13.4 Å². The van der Waals surface area contributed by atoms with Crippen molar-refractivity contribution in [2.75, 3.05) is 45.3 Å². The second-order valence-corrected chi connectivity index (χ2v) is 10.6. The minimum atomic E-state index is -4.75. The lowest BCUT2D eigenvalue weighted by Crippen LogP contribution is -2.49. The molecule has 1 aromatic heterocycles. The summed E-state index contributed by atoms with van der Waals surface area (Å²) in [5.41, 5.74) is 0.701. The van der Waals surface area contributed by atoms with E-state index in [9.17, 15) is 21.6 Å². The highest BCUT2D eigenvalue weighted by molar-refractivity contribution is 7.89. The monoisotopic (exact) mass is 527 g/mol. The van der Waals surface area contributed by atoms with Crippen molar-refractivity contribution in [3.63, 3.8) is 0 Å². The summed E-state index contributed by atoms with van der Waals surface area (Å²) in [7, 11) is -1.13. The summed E-state index contributed by atoms with van der Waals surface area (Å²) >= 11 is 1.45. The van der Waals surface area contributed by atoms with Gasteiger partial charge in [0.1, 0.15) is 0 Å². The van der Waals surface area contributed by atoms with E-state index in [0.717, 1.165) is 32.8 Å². The first kappa shape index (κ1) is 25.3. The van der Waals surface area contributed by atoms with Gasteiger partial charge in [-0.1, -0.05) is 18.2 Å². The van der Waals surface area contributed by atoms with Crippen molar-refractivity contribution in [1.29, 1.82) is 0 Å². The molecule has 0 saturated carbocycles. The smallest absolute Gasteiger partial charge is 0.417 e. The molecular formula is C23H24F3N3O4S2. The Hall–Kier alpha value is -2.83. The molecule has 0 aliphatic carbocycles. The van der Waals surface area contributed by atoms with Gasteiger partial charge in [0.2, 0.25) is 10.0 Å². The molecular weight excluding hydrogens is 503 g/mol. The lowest BCUT2D eigenvalue weighted by Gasteiger charge is -2.34. The van der Waals surface area contributed by atoms with Gasteiger partial charge in [0.25, 0.3) is 0 Å². The van der Waals surface area contributed by atoms with Gasteiger partial charge >= 0.3 is 6.18 Å². The maximum Gasteiger partial charge on any atom is 0.417 e. The molecule has 2 heterocycles. The molecule has 0 atom stereocenters. The lowest BCUT2D eigenvalue weighted by molar-refractivity contribution is -0.139. The molecule has 0 amide bonds. The molecule has 1 aliphatic heterocycles. The van der Waals surface area contributed by atoms with Crippen LogP contribution in [-0.2, 0) is 22.6 Å². The number of nitrogens with zero attached hydrogens (tertiary/aromatic N) is 3. The number of thiazole rings is 1. The highest BCUT2D eigenvalue weighted by atomic mass is 32.2. The number of benzene rings is 2. The van der Waals surface area contributed by atoms with Crippen LogP contribution >= 0.6 is 11.3 Å². The summed E-state index contributed by atoms with van der Waals surface area (Å²) in [6.07, 6.45) is -4.17. The number of ether oxygens (including phenoxy) is 2. The number of aromatic nitrogens is 1. The minimum Gasteiger partial charge on any atom is -0.493 e. The van der Waals surface area contributed by atoms with Crippen LogP contribution in [0.5, 0.6) is 11.5 Å². The number of rotatable bonds is 7. The minimum absolute atomic E-state index is 0.0686. The second-order valence-electron chi connectivity index (χ2n) is 7.87. The Morgan fingerprint density at radius 1 is 1.00 bits per heavy atom. The number of halogens is 3. The number of alkyl halides is 3. The molecule has 0 N–H and O–H groups in total. The molecule has 2 aromatic carbocycles. The van der Waals surface area contributed by atoms with Crippen LogP contribution in [0, 0.1) is 0 Å². The Labute approximate surface area is 205 Å². The van der Waals surface area contributed by atoms with Crippen LogP contribution in [0.25, 0.3) is 0 Å².